The van der Waals surface area contributed by atoms with E-state index in [1.165, 1.54) is 38.2 Å². The Hall–Kier alpha value is -5.39. The van der Waals surface area contributed by atoms with Crippen molar-refractivity contribution in [3.8, 4) is 11.5 Å². The van der Waals surface area contributed by atoms with Gasteiger partial charge in [0.15, 0.2) is 11.6 Å². The third-order valence-electron chi connectivity index (χ3n) is 7.39. The highest BCUT2D eigenvalue weighted by atomic mass is 32.2. The van der Waals surface area contributed by atoms with Crippen LogP contribution in [0.3, 0.4) is 0 Å². The molecule has 0 amide bonds. The van der Waals surface area contributed by atoms with Gasteiger partial charge in [-0.05, 0) is 99.9 Å². The number of aromatic nitrogens is 8. The van der Waals surface area contributed by atoms with E-state index in [0.29, 0.717) is 52.7 Å². The van der Waals surface area contributed by atoms with Crippen LogP contribution < -0.4 is 0 Å². The number of morpholine rings is 1. The number of phenolic OH excluding ortho intramolecular Hbond substituents is 2. The number of nitrogens with zero attached hydrogens (tertiary/aromatic N) is 11. The fraction of sp³-hybridized carbons (Fsp3) is 0.241. The molecule has 0 unspecified atom stereocenters. The fourth-order valence-corrected chi connectivity index (χ4v) is 6.38. The van der Waals surface area contributed by atoms with Crippen LogP contribution in [-0.4, -0.2) is 102 Å². The Morgan fingerprint density at radius 1 is 0.783 bits per heavy atom. The predicted molar refractivity (Wildman–Crippen MR) is 164 cm³/mol. The maximum atomic E-state index is 13.3. The molecule has 236 valence electrons. The molecule has 3 aromatic carbocycles. The highest BCUT2D eigenvalue weighted by molar-refractivity contribution is 7.89. The third-order valence-corrected chi connectivity index (χ3v) is 9.30. The Bertz CT molecular complexity index is 1920. The Morgan fingerprint density at radius 2 is 1.28 bits per heavy atom. The Kier molecular flexibility index (Phi) is 8.60. The summed E-state index contributed by atoms with van der Waals surface area (Å²) in [6, 6.07) is 16.3. The van der Waals surface area contributed by atoms with Crippen molar-refractivity contribution >= 4 is 22.5 Å². The van der Waals surface area contributed by atoms with Gasteiger partial charge in [-0.3, -0.25) is 0 Å². The molecule has 1 aliphatic rings. The van der Waals surface area contributed by atoms with Gasteiger partial charge in [0.25, 0.3) is 0 Å². The molecule has 1 fully saturated rings. The van der Waals surface area contributed by atoms with Crippen molar-refractivity contribution in [1.82, 2.24) is 44.9 Å². The van der Waals surface area contributed by atoms with Crippen LogP contribution in [0.25, 0.3) is 0 Å². The molecule has 0 bridgehead atoms. The zero-order chi connectivity index (χ0) is 32.3. The summed E-state index contributed by atoms with van der Waals surface area (Å²) in [4.78, 5) is 2.65. The van der Waals surface area contributed by atoms with Crippen molar-refractivity contribution in [2.24, 2.45) is 10.2 Å². The van der Waals surface area contributed by atoms with Crippen LogP contribution in [0.4, 0.5) is 0 Å². The topological polar surface area (TPSA) is 199 Å². The Balaban J connectivity index is 1.44. The molecule has 46 heavy (non-hydrogen) atoms. The number of aromatic hydroxyl groups is 2. The largest absolute Gasteiger partial charge is 0.508 e. The number of phenols is 2. The summed E-state index contributed by atoms with van der Waals surface area (Å²) < 4.78 is 33.4. The second-order valence-electron chi connectivity index (χ2n) is 10.4. The maximum Gasteiger partial charge on any atom is 0.243 e. The smallest absolute Gasteiger partial charge is 0.243 e. The average Bonchev–Trinajstić information content (AvgIpc) is 3.68. The summed E-state index contributed by atoms with van der Waals surface area (Å²) in [6.45, 7) is 4.61. The van der Waals surface area contributed by atoms with Gasteiger partial charge < -0.3 is 14.9 Å². The van der Waals surface area contributed by atoms with Gasteiger partial charge in [0.1, 0.15) is 11.5 Å². The number of aryl methyl sites for hydroxylation is 2. The molecule has 3 heterocycles. The average molecular weight is 644 g/mol. The van der Waals surface area contributed by atoms with Crippen LogP contribution in [0.15, 0.2) is 75.8 Å². The summed E-state index contributed by atoms with van der Waals surface area (Å²) in [6.07, 6.45) is 3.08. The zero-order valence-corrected chi connectivity index (χ0v) is 25.6. The normalized spacial score (nSPS) is 14.6. The van der Waals surface area contributed by atoms with E-state index in [-0.39, 0.29) is 29.5 Å². The van der Waals surface area contributed by atoms with Gasteiger partial charge in [-0.2, -0.15) is 14.5 Å². The third kappa shape index (κ3) is 6.37. The minimum atomic E-state index is -3.75. The lowest BCUT2D eigenvalue weighted by Gasteiger charge is -2.26. The van der Waals surface area contributed by atoms with Crippen molar-refractivity contribution in [2.45, 2.75) is 24.7 Å². The lowest BCUT2D eigenvalue weighted by Crippen LogP contribution is -2.40. The van der Waals surface area contributed by atoms with Crippen molar-refractivity contribution < 1.29 is 23.4 Å². The summed E-state index contributed by atoms with van der Waals surface area (Å²) in [7, 11) is -3.75. The highest BCUT2D eigenvalue weighted by Gasteiger charge is 2.28. The molecule has 0 atom stereocenters. The summed E-state index contributed by atoms with van der Waals surface area (Å²) >= 11 is 0. The van der Waals surface area contributed by atoms with Gasteiger partial charge in [0, 0.05) is 30.1 Å². The molecule has 17 heteroatoms. The number of tetrazole rings is 2. The van der Waals surface area contributed by atoms with Crippen molar-refractivity contribution in [3.05, 3.63) is 100 Å². The zero-order valence-electron chi connectivity index (χ0n) is 24.8. The van der Waals surface area contributed by atoms with Gasteiger partial charge >= 0.3 is 0 Å². The molecule has 16 nitrogen and oxygen atoms in total. The van der Waals surface area contributed by atoms with Crippen molar-refractivity contribution in [2.75, 3.05) is 26.3 Å². The molecule has 0 saturated carbocycles. The number of rotatable bonds is 9. The minimum absolute atomic E-state index is 0.0476. The first kappa shape index (κ1) is 30.6. The van der Waals surface area contributed by atoms with Gasteiger partial charge in [-0.1, -0.05) is 12.1 Å². The molecule has 0 aliphatic carbocycles. The summed E-state index contributed by atoms with van der Waals surface area (Å²) in [5.41, 5.74) is 2.71. The van der Waals surface area contributed by atoms with Crippen LogP contribution in [0.1, 0.15) is 45.4 Å². The van der Waals surface area contributed by atoms with E-state index in [2.05, 4.69) is 41.3 Å². The van der Waals surface area contributed by atoms with Crippen molar-refractivity contribution in [3.63, 3.8) is 0 Å². The lowest BCUT2D eigenvalue weighted by molar-refractivity contribution is 0.0730. The van der Waals surface area contributed by atoms with E-state index in [0.717, 1.165) is 0 Å². The van der Waals surface area contributed by atoms with E-state index in [4.69, 9.17) is 4.74 Å². The van der Waals surface area contributed by atoms with Gasteiger partial charge in [-0.25, -0.2) is 8.42 Å². The fourth-order valence-electron chi connectivity index (χ4n) is 4.97. The molecule has 2 aromatic heterocycles. The predicted octanol–water partition coefficient (Wildman–Crippen LogP) is 1.65. The number of sulfonamides is 1. The number of hydrogen-bond donors (Lipinski definition) is 2. The maximum absolute atomic E-state index is 13.3. The molecule has 0 spiro atoms. The molecule has 1 aliphatic heterocycles. The summed E-state index contributed by atoms with van der Waals surface area (Å²) in [5, 5.41) is 53.4. The second-order valence-corrected chi connectivity index (χ2v) is 12.3. The van der Waals surface area contributed by atoms with Crippen LogP contribution in [-0.2, 0) is 14.8 Å². The monoisotopic (exact) mass is 643 g/mol. The SMILES string of the molecule is Cc1nnnn1/N=C/c1ccc(O)c(C(c2ccc(S(=O)(=O)N3CCOCC3)cc2)c2cc(/C=N/n3nnnc3C)ccc2O)c1. The second kappa shape index (κ2) is 12.9. The first-order valence-corrected chi connectivity index (χ1v) is 15.6. The quantitative estimate of drug-likeness (QED) is 0.175. The first-order valence-electron chi connectivity index (χ1n) is 14.1. The molecular weight excluding hydrogens is 614 g/mol. The van der Waals surface area contributed by atoms with Crippen LogP contribution in [0.5, 0.6) is 11.5 Å². The minimum Gasteiger partial charge on any atom is -0.508 e. The molecule has 5 aromatic rings. The van der Waals surface area contributed by atoms with E-state index < -0.39 is 15.9 Å². The molecule has 6 rings (SSSR count). The van der Waals surface area contributed by atoms with E-state index in [9.17, 15) is 18.6 Å². The lowest BCUT2D eigenvalue weighted by atomic mass is 9.83. The van der Waals surface area contributed by atoms with Gasteiger partial charge in [-0.15, -0.1) is 19.8 Å². The van der Waals surface area contributed by atoms with Gasteiger partial charge in [0.2, 0.25) is 10.0 Å². The number of hydrogen-bond acceptors (Lipinski definition) is 13. The first-order chi connectivity index (χ1) is 22.2. The highest BCUT2D eigenvalue weighted by Crippen LogP contribution is 2.41. The van der Waals surface area contributed by atoms with Crippen LogP contribution in [0, 0.1) is 13.8 Å². The standard InChI is InChI=1S/C29H29N11O5S/c1-19-32-34-36-39(19)30-17-21-3-9-27(41)25(15-21)29(23-5-7-24(8-6-23)46(43,44)38-11-13-45-14-12-38)26-16-22(4-10-28(26)42)18-31-40-20(2)33-35-37-40/h3-10,15-18,29,41-42H,11-14H2,1-2H3/b30-17+,31-18+. The van der Waals surface area contributed by atoms with E-state index in [1.54, 1.807) is 62.7 Å². The molecule has 1 saturated heterocycles. The Morgan fingerprint density at radius 3 is 1.74 bits per heavy atom. The van der Waals surface area contributed by atoms with Crippen LogP contribution >= 0.6 is 0 Å². The van der Waals surface area contributed by atoms with E-state index >= 15 is 0 Å². The molecular formula is C29H29N11O5S. The number of benzene rings is 3. The number of ether oxygens (including phenoxy) is 1. The van der Waals surface area contributed by atoms with Gasteiger partial charge in [0.05, 0.1) is 30.5 Å². The molecule has 2 N–H and O–H groups in total. The summed E-state index contributed by atoms with van der Waals surface area (Å²) in [5.74, 6) is 0.134. The van der Waals surface area contributed by atoms with Crippen LogP contribution in [0.2, 0.25) is 0 Å². The van der Waals surface area contributed by atoms with Crippen molar-refractivity contribution in [1.29, 1.82) is 0 Å². The van der Waals surface area contributed by atoms with E-state index in [1.807, 2.05) is 0 Å². The molecule has 0 radical (unpaired) electrons. The Labute approximate surface area is 263 Å².